The molecular weight excluding hydrogens is 282 g/mol. The summed E-state index contributed by atoms with van der Waals surface area (Å²) in [5.74, 6) is 0. The van der Waals surface area contributed by atoms with Crippen molar-refractivity contribution in [1.29, 1.82) is 0 Å². The van der Waals surface area contributed by atoms with Gasteiger partial charge in [-0.15, -0.1) is 0 Å². The van der Waals surface area contributed by atoms with Crippen molar-refractivity contribution in [3.8, 4) is 0 Å². The van der Waals surface area contributed by atoms with Gasteiger partial charge in [-0.2, -0.15) is 0 Å². The molecule has 2 unspecified atom stereocenters. The van der Waals surface area contributed by atoms with Crippen molar-refractivity contribution in [1.82, 2.24) is 4.90 Å². The number of likely N-dealkylation sites (N-methyl/N-ethyl adjacent to an activating group) is 1. The third-order valence-corrected chi connectivity index (χ3v) is 3.50. The SMILES string of the molecule is CC(CO)N(C)CCC(O)c1cccc(Br)c1. The predicted octanol–water partition coefficient (Wildman–Crippen LogP) is 2.19. The molecule has 0 saturated heterocycles. The summed E-state index contributed by atoms with van der Waals surface area (Å²) in [5, 5.41) is 19.1. The van der Waals surface area contributed by atoms with Gasteiger partial charge in [-0.1, -0.05) is 28.1 Å². The number of aliphatic hydroxyl groups is 2. The second-order valence-electron chi connectivity index (χ2n) is 4.37. The summed E-state index contributed by atoms with van der Waals surface area (Å²) in [4.78, 5) is 2.04. The summed E-state index contributed by atoms with van der Waals surface area (Å²) in [7, 11) is 1.95. The highest BCUT2D eigenvalue weighted by Gasteiger charge is 2.12. The Hall–Kier alpha value is -0.420. The van der Waals surface area contributed by atoms with Crippen LogP contribution in [0.1, 0.15) is 25.0 Å². The van der Waals surface area contributed by atoms with Crippen molar-refractivity contribution in [2.75, 3.05) is 20.2 Å². The van der Waals surface area contributed by atoms with Gasteiger partial charge in [0.05, 0.1) is 12.7 Å². The van der Waals surface area contributed by atoms with E-state index in [2.05, 4.69) is 15.9 Å². The van der Waals surface area contributed by atoms with Crippen molar-refractivity contribution in [3.05, 3.63) is 34.3 Å². The summed E-state index contributed by atoms with van der Waals surface area (Å²) < 4.78 is 0.978. The fraction of sp³-hybridized carbons (Fsp3) is 0.538. The summed E-state index contributed by atoms with van der Waals surface area (Å²) in [5.41, 5.74) is 0.921. The van der Waals surface area contributed by atoms with E-state index in [0.29, 0.717) is 6.42 Å². The highest BCUT2D eigenvalue weighted by Crippen LogP contribution is 2.20. The standard InChI is InChI=1S/C13H20BrNO2/c1-10(9-16)15(2)7-6-13(17)11-4-3-5-12(14)8-11/h3-5,8,10,13,16-17H,6-7,9H2,1-2H3. The Bertz CT molecular complexity index is 346. The maximum atomic E-state index is 10.0. The molecule has 0 aliphatic rings. The Kier molecular flexibility index (Phi) is 6.12. The van der Waals surface area contributed by atoms with E-state index in [1.807, 2.05) is 43.1 Å². The molecule has 0 amide bonds. The van der Waals surface area contributed by atoms with Crippen LogP contribution in [-0.2, 0) is 0 Å². The van der Waals surface area contributed by atoms with Crippen molar-refractivity contribution in [2.24, 2.45) is 0 Å². The second-order valence-corrected chi connectivity index (χ2v) is 5.29. The molecule has 0 heterocycles. The Balaban J connectivity index is 2.47. The predicted molar refractivity (Wildman–Crippen MR) is 72.9 cm³/mol. The molecule has 0 fully saturated rings. The van der Waals surface area contributed by atoms with Crippen LogP contribution >= 0.6 is 15.9 Å². The van der Waals surface area contributed by atoms with E-state index in [1.165, 1.54) is 0 Å². The zero-order valence-corrected chi connectivity index (χ0v) is 11.9. The maximum absolute atomic E-state index is 10.0. The molecule has 17 heavy (non-hydrogen) atoms. The molecule has 0 aliphatic heterocycles. The Morgan fingerprint density at radius 2 is 2.12 bits per heavy atom. The van der Waals surface area contributed by atoms with Gasteiger partial charge in [0.1, 0.15) is 0 Å². The molecule has 1 aromatic carbocycles. The molecule has 1 rings (SSSR count). The molecule has 96 valence electrons. The van der Waals surface area contributed by atoms with E-state index in [1.54, 1.807) is 0 Å². The van der Waals surface area contributed by atoms with Gasteiger partial charge in [-0.25, -0.2) is 0 Å². The zero-order chi connectivity index (χ0) is 12.8. The van der Waals surface area contributed by atoms with E-state index in [0.717, 1.165) is 16.6 Å². The topological polar surface area (TPSA) is 43.7 Å². The number of nitrogens with zero attached hydrogens (tertiary/aromatic N) is 1. The van der Waals surface area contributed by atoms with Gasteiger partial charge in [0.2, 0.25) is 0 Å². The number of hydrogen-bond donors (Lipinski definition) is 2. The Morgan fingerprint density at radius 1 is 1.41 bits per heavy atom. The smallest absolute Gasteiger partial charge is 0.0802 e. The van der Waals surface area contributed by atoms with Crippen LogP contribution < -0.4 is 0 Å². The molecule has 0 saturated carbocycles. The fourth-order valence-electron chi connectivity index (χ4n) is 1.57. The lowest BCUT2D eigenvalue weighted by atomic mass is 10.1. The van der Waals surface area contributed by atoms with Gasteiger partial charge < -0.3 is 15.1 Å². The first-order chi connectivity index (χ1) is 8.04. The van der Waals surface area contributed by atoms with E-state index < -0.39 is 6.10 Å². The summed E-state index contributed by atoms with van der Waals surface area (Å²) in [6, 6.07) is 7.84. The lowest BCUT2D eigenvalue weighted by molar-refractivity contribution is 0.117. The van der Waals surface area contributed by atoms with Crippen LogP contribution in [0.25, 0.3) is 0 Å². The van der Waals surface area contributed by atoms with Crippen molar-refractivity contribution < 1.29 is 10.2 Å². The third-order valence-electron chi connectivity index (χ3n) is 3.01. The van der Waals surface area contributed by atoms with Gasteiger partial charge in [-0.05, 0) is 38.1 Å². The Morgan fingerprint density at radius 3 is 2.71 bits per heavy atom. The average molecular weight is 302 g/mol. The largest absolute Gasteiger partial charge is 0.395 e. The maximum Gasteiger partial charge on any atom is 0.0802 e. The second kappa shape index (κ2) is 7.11. The van der Waals surface area contributed by atoms with Gasteiger partial charge in [0.15, 0.2) is 0 Å². The first-order valence-corrected chi connectivity index (χ1v) is 6.58. The lowest BCUT2D eigenvalue weighted by Gasteiger charge is -2.24. The first-order valence-electron chi connectivity index (χ1n) is 5.79. The summed E-state index contributed by atoms with van der Waals surface area (Å²) in [6.45, 7) is 2.87. The minimum absolute atomic E-state index is 0.129. The van der Waals surface area contributed by atoms with Gasteiger partial charge in [0, 0.05) is 17.1 Å². The number of benzene rings is 1. The number of hydrogen-bond acceptors (Lipinski definition) is 3. The van der Waals surface area contributed by atoms with E-state index in [4.69, 9.17) is 5.11 Å². The highest BCUT2D eigenvalue weighted by atomic mass is 79.9. The normalized spacial score (nSPS) is 14.9. The molecule has 0 radical (unpaired) electrons. The van der Waals surface area contributed by atoms with E-state index in [9.17, 15) is 5.11 Å². The molecule has 2 N–H and O–H groups in total. The number of rotatable bonds is 6. The van der Waals surface area contributed by atoms with Crippen LogP contribution in [-0.4, -0.2) is 41.4 Å². The summed E-state index contributed by atoms with van der Waals surface area (Å²) in [6.07, 6.45) is 0.206. The molecule has 4 heteroatoms. The number of halogens is 1. The first kappa shape index (κ1) is 14.6. The van der Waals surface area contributed by atoms with Crippen molar-refractivity contribution in [2.45, 2.75) is 25.5 Å². The molecule has 2 atom stereocenters. The minimum Gasteiger partial charge on any atom is -0.395 e. The zero-order valence-electron chi connectivity index (χ0n) is 10.3. The quantitative estimate of drug-likeness (QED) is 0.846. The van der Waals surface area contributed by atoms with Crippen molar-refractivity contribution in [3.63, 3.8) is 0 Å². The molecule has 0 aromatic heterocycles. The van der Waals surface area contributed by atoms with Crippen LogP contribution in [0.5, 0.6) is 0 Å². The monoisotopic (exact) mass is 301 g/mol. The molecule has 0 bridgehead atoms. The van der Waals surface area contributed by atoms with Gasteiger partial charge in [-0.3, -0.25) is 0 Å². The average Bonchev–Trinajstić information content (AvgIpc) is 2.34. The molecule has 0 aliphatic carbocycles. The Labute approximate surface area is 111 Å². The molecular formula is C13H20BrNO2. The van der Waals surface area contributed by atoms with Crippen molar-refractivity contribution >= 4 is 15.9 Å². The third kappa shape index (κ3) is 4.76. The van der Waals surface area contributed by atoms with Crippen LogP contribution in [0.2, 0.25) is 0 Å². The van der Waals surface area contributed by atoms with E-state index in [-0.39, 0.29) is 12.6 Å². The molecule has 3 nitrogen and oxygen atoms in total. The van der Waals surface area contributed by atoms with E-state index >= 15 is 0 Å². The highest BCUT2D eigenvalue weighted by molar-refractivity contribution is 9.10. The lowest BCUT2D eigenvalue weighted by Crippen LogP contribution is -2.33. The molecule has 0 spiro atoms. The molecule has 1 aromatic rings. The minimum atomic E-state index is -0.458. The van der Waals surface area contributed by atoms with Crippen LogP contribution in [0.15, 0.2) is 28.7 Å². The summed E-state index contributed by atoms with van der Waals surface area (Å²) >= 11 is 3.39. The van der Waals surface area contributed by atoms with Gasteiger partial charge >= 0.3 is 0 Å². The van der Waals surface area contributed by atoms with Crippen LogP contribution in [0.3, 0.4) is 0 Å². The van der Waals surface area contributed by atoms with Gasteiger partial charge in [0.25, 0.3) is 0 Å². The fourth-order valence-corrected chi connectivity index (χ4v) is 1.98. The van der Waals surface area contributed by atoms with Crippen LogP contribution in [0.4, 0.5) is 0 Å². The van der Waals surface area contributed by atoms with Crippen LogP contribution in [0, 0.1) is 0 Å². The number of aliphatic hydroxyl groups excluding tert-OH is 2.